The molecule has 0 radical (unpaired) electrons. The average Bonchev–Trinajstić information content (AvgIpc) is 2.61. The first kappa shape index (κ1) is 10.9. The van der Waals surface area contributed by atoms with Gasteiger partial charge in [-0.3, -0.25) is 0 Å². The summed E-state index contributed by atoms with van der Waals surface area (Å²) in [6.07, 6.45) is 3.60. The van der Waals surface area contributed by atoms with E-state index in [2.05, 4.69) is 25.1 Å². The summed E-state index contributed by atoms with van der Waals surface area (Å²) in [6, 6.07) is 6.41. The van der Waals surface area contributed by atoms with Crippen molar-refractivity contribution in [2.24, 2.45) is 0 Å². The zero-order valence-electron chi connectivity index (χ0n) is 9.75. The summed E-state index contributed by atoms with van der Waals surface area (Å²) in [4.78, 5) is 11.4. The number of carbonyl (C=O) groups excluding carboxylic acids is 1. The van der Waals surface area contributed by atoms with E-state index in [4.69, 9.17) is 4.74 Å². The number of ether oxygens (including phenoxy) is 1. The number of rotatable bonds is 2. The lowest BCUT2D eigenvalue weighted by atomic mass is 10.0. The maximum Gasteiger partial charge on any atom is 0.331 e. The smallest absolute Gasteiger partial charge is 0.331 e. The van der Waals surface area contributed by atoms with Gasteiger partial charge in [0.1, 0.15) is 0 Å². The quantitative estimate of drug-likeness (QED) is 0.561. The molecule has 1 aliphatic carbocycles. The predicted molar refractivity (Wildman–Crippen MR) is 64.1 cm³/mol. The fraction of sp³-hybridized carbons (Fsp3) is 0.357. The lowest BCUT2D eigenvalue weighted by Gasteiger charge is -2.02. The van der Waals surface area contributed by atoms with Crippen molar-refractivity contribution >= 4 is 11.5 Å². The Morgan fingerprint density at radius 3 is 3.00 bits per heavy atom. The highest BCUT2D eigenvalue weighted by molar-refractivity contribution is 5.93. The summed E-state index contributed by atoms with van der Waals surface area (Å²) in [5, 5.41) is 0. The van der Waals surface area contributed by atoms with E-state index in [1.807, 2.05) is 6.92 Å². The van der Waals surface area contributed by atoms with Crippen LogP contribution in [0.1, 0.15) is 30.0 Å². The Morgan fingerprint density at radius 2 is 2.25 bits per heavy atom. The molecule has 0 unspecified atom stereocenters. The summed E-state index contributed by atoms with van der Waals surface area (Å²) >= 11 is 0. The van der Waals surface area contributed by atoms with E-state index in [0.717, 1.165) is 18.4 Å². The number of hydrogen-bond acceptors (Lipinski definition) is 2. The Balaban J connectivity index is 2.29. The fourth-order valence-electron chi connectivity index (χ4n) is 2.09. The van der Waals surface area contributed by atoms with Crippen LogP contribution in [0.2, 0.25) is 0 Å². The van der Waals surface area contributed by atoms with Gasteiger partial charge in [-0.25, -0.2) is 4.79 Å². The molecule has 84 valence electrons. The van der Waals surface area contributed by atoms with E-state index < -0.39 is 0 Å². The standard InChI is InChI=1S/C14H16O2/c1-3-16-14(15)9-12-7-6-11-5-4-10(2)8-13(11)12/h4-5,8-9H,3,6-7H2,1-2H3. The minimum absolute atomic E-state index is 0.230. The second-order valence-electron chi connectivity index (χ2n) is 4.08. The summed E-state index contributed by atoms with van der Waals surface area (Å²) in [6.45, 7) is 4.33. The van der Waals surface area contributed by atoms with Gasteiger partial charge in [-0.15, -0.1) is 0 Å². The summed E-state index contributed by atoms with van der Waals surface area (Å²) in [5.74, 6) is -0.230. The van der Waals surface area contributed by atoms with Crippen LogP contribution in [-0.2, 0) is 16.0 Å². The highest BCUT2D eigenvalue weighted by Crippen LogP contribution is 2.32. The average molecular weight is 216 g/mol. The molecule has 2 nitrogen and oxygen atoms in total. The number of esters is 1. The molecular weight excluding hydrogens is 200 g/mol. The Bertz CT molecular complexity index is 444. The Kier molecular flexibility index (Phi) is 3.09. The van der Waals surface area contributed by atoms with E-state index in [-0.39, 0.29) is 5.97 Å². The van der Waals surface area contributed by atoms with Crippen molar-refractivity contribution in [2.45, 2.75) is 26.7 Å². The van der Waals surface area contributed by atoms with Crippen LogP contribution in [-0.4, -0.2) is 12.6 Å². The molecule has 0 amide bonds. The zero-order chi connectivity index (χ0) is 11.5. The maximum absolute atomic E-state index is 11.4. The lowest BCUT2D eigenvalue weighted by Crippen LogP contribution is -2.00. The number of fused-ring (bicyclic) bond motifs is 1. The van der Waals surface area contributed by atoms with Gasteiger partial charge in [0.25, 0.3) is 0 Å². The van der Waals surface area contributed by atoms with Crippen LogP contribution in [0.5, 0.6) is 0 Å². The van der Waals surface area contributed by atoms with Crippen LogP contribution in [0.15, 0.2) is 24.3 Å². The highest BCUT2D eigenvalue weighted by Gasteiger charge is 2.17. The molecule has 1 aliphatic rings. The fourth-order valence-corrected chi connectivity index (χ4v) is 2.09. The lowest BCUT2D eigenvalue weighted by molar-refractivity contribution is -0.137. The van der Waals surface area contributed by atoms with Gasteiger partial charge in [-0.05, 0) is 43.4 Å². The van der Waals surface area contributed by atoms with Crippen LogP contribution in [0, 0.1) is 6.92 Å². The van der Waals surface area contributed by atoms with Crippen LogP contribution in [0.3, 0.4) is 0 Å². The SMILES string of the molecule is CCOC(=O)C=C1CCc2ccc(C)cc21. The molecule has 0 saturated heterocycles. The van der Waals surface area contributed by atoms with E-state index in [9.17, 15) is 4.79 Å². The van der Waals surface area contributed by atoms with Gasteiger partial charge >= 0.3 is 5.97 Å². The van der Waals surface area contributed by atoms with Crippen molar-refractivity contribution < 1.29 is 9.53 Å². The van der Waals surface area contributed by atoms with Crippen LogP contribution >= 0.6 is 0 Å². The second-order valence-corrected chi connectivity index (χ2v) is 4.08. The summed E-state index contributed by atoms with van der Waals surface area (Å²) in [7, 11) is 0. The maximum atomic E-state index is 11.4. The zero-order valence-corrected chi connectivity index (χ0v) is 9.75. The van der Waals surface area contributed by atoms with Gasteiger partial charge in [-0.1, -0.05) is 23.8 Å². The molecule has 16 heavy (non-hydrogen) atoms. The molecule has 1 aromatic carbocycles. The van der Waals surface area contributed by atoms with E-state index in [1.165, 1.54) is 16.7 Å². The molecule has 0 aromatic heterocycles. The Morgan fingerprint density at radius 1 is 1.44 bits per heavy atom. The monoisotopic (exact) mass is 216 g/mol. The van der Waals surface area contributed by atoms with Gasteiger partial charge < -0.3 is 4.74 Å². The largest absolute Gasteiger partial charge is 0.463 e. The first-order chi connectivity index (χ1) is 7.70. The molecule has 0 heterocycles. The Hall–Kier alpha value is -1.57. The van der Waals surface area contributed by atoms with E-state index in [1.54, 1.807) is 6.08 Å². The minimum atomic E-state index is -0.230. The second kappa shape index (κ2) is 4.52. The number of benzene rings is 1. The first-order valence-electron chi connectivity index (χ1n) is 5.68. The van der Waals surface area contributed by atoms with Crippen molar-refractivity contribution in [3.05, 3.63) is 41.0 Å². The molecular formula is C14H16O2. The number of aryl methyl sites for hydroxylation is 2. The van der Waals surface area contributed by atoms with Crippen molar-refractivity contribution in [1.82, 2.24) is 0 Å². The van der Waals surface area contributed by atoms with Gasteiger partial charge in [0.2, 0.25) is 0 Å². The van der Waals surface area contributed by atoms with Gasteiger partial charge in [0, 0.05) is 6.08 Å². The molecule has 0 saturated carbocycles. The van der Waals surface area contributed by atoms with Gasteiger partial charge in [0.05, 0.1) is 6.61 Å². The third-order valence-corrected chi connectivity index (χ3v) is 2.85. The van der Waals surface area contributed by atoms with Crippen LogP contribution in [0.25, 0.3) is 5.57 Å². The molecule has 2 rings (SSSR count). The van der Waals surface area contributed by atoms with Gasteiger partial charge in [0.15, 0.2) is 0 Å². The van der Waals surface area contributed by atoms with Crippen molar-refractivity contribution in [2.75, 3.05) is 6.61 Å². The highest BCUT2D eigenvalue weighted by atomic mass is 16.5. The van der Waals surface area contributed by atoms with Crippen LogP contribution < -0.4 is 0 Å². The molecule has 1 aromatic rings. The normalized spacial score (nSPS) is 16.2. The summed E-state index contributed by atoms with van der Waals surface area (Å²) < 4.78 is 4.93. The minimum Gasteiger partial charge on any atom is -0.463 e. The number of allylic oxidation sites excluding steroid dienone is 1. The number of carbonyl (C=O) groups is 1. The molecule has 0 atom stereocenters. The number of hydrogen-bond donors (Lipinski definition) is 0. The van der Waals surface area contributed by atoms with Crippen molar-refractivity contribution in [1.29, 1.82) is 0 Å². The molecule has 0 spiro atoms. The van der Waals surface area contributed by atoms with Crippen molar-refractivity contribution in [3.8, 4) is 0 Å². The van der Waals surface area contributed by atoms with E-state index in [0.29, 0.717) is 6.61 Å². The first-order valence-corrected chi connectivity index (χ1v) is 5.68. The molecule has 0 N–H and O–H groups in total. The van der Waals surface area contributed by atoms with Crippen molar-refractivity contribution in [3.63, 3.8) is 0 Å². The molecule has 0 aliphatic heterocycles. The van der Waals surface area contributed by atoms with Gasteiger partial charge in [-0.2, -0.15) is 0 Å². The predicted octanol–water partition coefficient (Wildman–Crippen LogP) is 2.89. The Labute approximate surface area is 95.9 Å². The third-order valence-electron chi connectivity index (χ3n) is 2.85. The third kappa shape index (κ3) is 2.16. The molecule has 2 heteroatoms. The molecule has 0 fully saturated rings. The van der Waals surface area contributed by atoms with Crippen LogP contribution in [0.4, 0.5) is 0 Å². The molecule has 0 bridgehead atoms. The summed E-state index contributed by atoms with van der Waals surface area (Å²) in [5.41, 5.74) is 4.89. The topological polar surface area (TPSA) is 26.3 Å². The van der Waals surface area contributed by atoms with E-state index >= 15 is 0 Å².